The maximum Gasteiger partial charge on any atom is 0.433 e. The molecule has 20 heavy (non-hydrogen) atoms. The molecule has 0 aromatic carbocycles. The SMILES string of the molecule is O=C(c1ccc(Br)cn1)c1ccc(C(F)(F)F)nc1Cl. The molecule has 8 heteroatoms. The first-order chi connectivity index (χ1) is 9.29. The normalized spacial score (nSPS) is 11.4. The molecule has 0 atom stereocenters. The molecule has 2 aromatic heterocycles. The highest BCUT2D eigenvalue weighted by Gasteiger charge is 2.33. The molecule has 0 N–H and O–H groups in total. The largest absolute Gasteiger partial charge is 0.433 e. The molecule has 0 amide bonds. The molecule has 2 rings (SSSR count). The number of pyridine rings is 2. The van der Waals surface area contributed by atoms with Gasteiger partial charge >= 0.3 is 6.18 Å². The summed E-state index contributed by atoms with van der Waals surface area (Å²) in [5.41, 5.74) is -1.21. The molecule has 0 spiro atoms. The second kappa shape index (κ2) is 5.49. The Balaban J connectivity index is 2.38. The van der Waals surface area contributed by atoms with Crippen LogP contribution in [0.15, 0.2) is 34.9 Å². The Kier molecular flexibility index (Phi) is 4.10. The van der Waals surface area contributed by atoms with Gasteiger partial charge in [-0.25, -0.2) is 4.98 Å². The van der Waals surface area contributed by atoms with Crippen LogP contribution in [-0.2, 0) is 6.18 Å². The Bertz CT molecular complexity index is 659. The van der Waals surface area contributed by atoms with Crippen molar-refractivity contribution in [3.05, 3.63) is 57.0 Å². The highest BCUT2D eigenvalue weighted by Crippen LogP contribution is 2.29. The van der Waals surface area contributed by atoms with Gasteiger partial charge in [0.1, 0.15) is 16.5 Å². The molecule has 0 saturated heterocycles. The predicted octanol–water partition coefficient (Wildman–Crippen LogP) is 4.14. The van der Waals surface area contributed by atoms with Gasteiger partial charge in [-0.2, -0.15) is 13.2 Å². The van der Waals surface area contributed by atoms with E-state index >= 15 is 0 Å². The van der Waals surface area contributed by atoms with Crippen LogP contribution in [0.2, 0.25) is 5.15 Å². The summed E-state index contributed by atoms with van der Waals surface area (Å²) in [7, 11) is 0. The van der Waals surface area contributed by atoms with Crippen molar-refractivity contribution in [2.45, 2.75) is 6.18 Å². The van der Waals surface area contributed by atoms with Crippen molar-refractivity contribution in [2.24, 2.45) is 0 Å². The van der Waals surface area contributed by atoms with Crippen LogP contribution in [0.4, 0.5) is 13.2 Å². The van der Waals surface area contributed by atoms with Crippen molar-refractivity contribution < 1.29 is 18.0 Å². The van der Waals surface area contributed by atoms with Gasteiger partial charge in [0.2, 0.25) is 5.78 Å². The fourth-order valence-corrected chi connectivity index (χ4v) is 1.88. The molecule has 0 aliphatic carbocycles. The number of hydrogen-bond acceptors (Lipinski definition) is 3. The molecule has 2 aromatic rings. The number of hydrogen-bond donors (Lipinski definition) is 0. The third-order valence-corrected chi connectivity index (χ3v) is 3.10. The number of ketones is 1. The Morgan fingerprint density at radius 2 is 1.90 bits per heavy atom. The van der Waals surface area contributed by atoms with Crippen molar-refractivity contribution in [3.63, 3.8) is 0 Å². The molecule has 2 heterocycles. The lowest BCUT2D eigenvalue weighted by molar-refractivity contribution is -0.141. The van der Waals surface area contributed by atoms with E-state index in [-0.39, 0.29) is 11.3 Å². The van der Waals surface area contributed by atoms with Crippen LogP contribution in [-0.4, -0.2) is 15.8 Å². The van der Waals surface area contributed by atoms with Crippen LogP contribution in [0.5, 0.6) is 0 Å². The Morgan fingerprint density at radius 1 is 1.20 bits per heavy atom. The minimum absolute atomic E-state index is 0.0664. The quantitative estimate of drug-likeness (QED) is 0.593. The third kappa shape index (κ3) is 3.16. The Morgan fingerprint density at radius 3 is 2.40 bits per heavy atom. The second-order valence-corrected chi connectivity index (χ2v) is 5.00. The van der Waals surface area contributed by atoms with Crippen molar-refractivity contribution >= 4 is 33.3 Å². The lowest BCUT2D eigenvalue weighted by atomic mass is 10.1. The molecule has 0 saturated carbocycles. The van der Waals surface area contributed by atoms with E-state index in [2.05, 4.69) is 25.9 Å². The second-order valence-electron chi connectivity index (χ2n) is 3.72. The molecule has 104 valence electrons. The van der Waals surface area contributed by atoms with E-state index in [1.54, 1.807) is 6.07 Å². The van der Waals surface area contributed by atoms with E-state index in [1.807, 2.05) is 0 Å². The highest BCUT2D eigenvalue weighted by molar-refractivity contribution is 9.10. The standard InChI is InChI=1S/C12H5BrClF3N2O/c13-6-1-3-8(18-5-6)10(20)7-2-4-9(12(15,16)17)19-11(7)14/h1-5H. The molecular weight excluding hydrogens is 360 g/mol. The maximum atomic E-state index is 12.4. The van der Waals surface area contributed by atoms with E-state index in [9.17, 15) is 18.0 Å². The zero-order valence-electron chi connectivity index (χ0n) is 9.58. The molecule has 0 aliphatic heterocycles. The van der Waals surface area contributed by atoms with Crippen LogP contribution in [0.25, 0.3) is 0 Å². The number of rotatable bonds is 2. The van der Waals surface area contributed by atoms with Crippen LogP contribution >= 0.6 is 27.5 Å². The van der Waals surface area contributed by atoms with E-state index in [4.69, 9.17) is 11.6 Å². The van der Waals surface area contributed by atoms with Crippen molar-refractivity contribution in [1.29, 1.82) is 0 Å². The van der Waals surface area contributed by atoms with Crippen LogP contribution in [0.3, 0.4) is 0 Å². The molecule has 0 fully saturated rings. The first-order valence-corrected chi connectivity index (χ1v) is 6.36. The summed E-state index contributed by atoms with van der Waals surface area (Å²) in [5, 5.41) is -0.505. The van der Waals surface area contributed by atoms with Gasteiger partial charge in [-0.05, 0) is 40.2 Å². The molecule has 3 nitrogen and oxygen atoms in total. The van der Waals surface area contributed by atoms with E-state index < -0.39 is 22.8 Å². The zero-order chi connectivity index (χ0) is 14.9. The monoisotopic (exact) mass is 364 g/mol. The minimum Gasteiger partial charge on any atom is -0.287 e. The maximum absolute atomic E-state index is 12.4. The number of alkyl halides is 3. The van der Waals surface area contributed by atoms with Crippen LogP contribution < -0.4 is 0 Å². The first-order valence-electron chi connectivity index (χ1n) is 5.19. The van der Waals surface area contributed by atoms with E-state index in [0.717, 1.165) is 6.07 Å². The summed E-state index contributed by atoms with van der Waals surface area (Å²) in [6, 6.07) is 4.72. The van der Waals surface area contributed by atoms with Gasteiger partial charge in [0, 0.05) is 10.7 Å². The number of nitrogens with zero attached hydrogens (tertiary/aromatic N) is 2. The molecule has 0 bridgehead atoms. The predicted molar refractivity (Wildman–Crippen MR) is 69.6 cm³/mol. The molecule has 0 radical (unpaired) electrons. The number of aromatic nitrogens is 2. The van der Waals surface area contributed by atoms with E-state index in [0.29, 0.717) is 10.5 Å². The van der Waals surface area contributed by atoms with E-state index in [1.165, 1.54) is 12.3 Å². The van der Waals surface area contributed by atoms with Gasteiger partial charge in [-0.1, -0.05) is 11.6 Å². The zero-order valence-corrected chi connectivity index (χ0v) is 11.9. The highest BCUT2D eigenvalue weighted by atomic mass is 79.9. The van der Waals surface area contributed by atoms with Gasteiger partial charge in [-0.3, -0.25) is 9.78 Å². The van der Waals surface area contributed by atoms with Crippen molar-refractivity contribution in [1.82, 2.24) is 9.97 Å². The summed E-state index contributed by atoms with van der Waals surface area (Å²) < 4.78 is 38.0. The Labute approximate surface area is 124 Å². The molecular formula is C12H5BrClF3N2O. The minimum atomic E-state index is -4.61. The average Bonchev–Trinajstić information content (AvgIpc) is 2.37. The fraction of sp³-hybridized carbons (Fsp3) is 0.0833. The number of halogens is 5. The summed E-state index contributed by atoms with van der Waals surface area (Å²) in [4.78, 5) is 19.1. The van der Waals surface area contributed by atoms with Gasteiger partial charge < -0.3 is 0 Å². The first kappa shape index (κ1) is 14.9. The summed E-state index contributed by atoms with van der Waals surface area (Å²) in [6.07, 6.45) is -3.21. The molecule has 0 unspecified atom stereocenters. The molecule has 0 aliphatic rings. The van der Waals surface area contributed by atoms with Crippen LogP contribution in [0, 0.1) is 0 Å². The summed E-state index contributed by atoms with van der Waals surface area (Å²) in [5.74, 6) is -0.594. The Hall–Kier alpha value is -1.47. The van der Waals surface area contributed by atoms with Crippen molar-refractivity contribution in [3.8, 4) is 0 Å². The summed E-state index contributed by atoms with van der Waals surface area (Å²) >= 11 is 8.80. The van der Waals surface area contributed by atoms with Gasteiger partial charge in [0.15, 0.2) is 0 Å². The van der Waals surface area contributed by atoms with Gasteiger partial charge in [0.05, 0.1) is 5.56 Å². The number of carbonyl (C=O) groups is 1. The average molecular weight is 366 g/mol. The summed E-state index contributed by atoms with van der Waals surface area (Å²) in [6.45, 7) is 0. The van der Waals surface area contributed by atoms with Crippen LogP contribution in [0.1, 0.15) is 21.7 Å². The lowest BCUT2D eigenvalue weighted by Gasteiger charge is -2.08. The topological polar surface area (TPSA) is 42.9 Å². The smallest absolute Gasteiger partial charge is 0.287 e. The van der Waals surface area contributed by atoms with Gasteiger partial charge in [-0.15, -0.1) is 0 Å². The number of carbonyl (C=O) groups excluding carboxylic acids is 1. The fourth-order valence-electron chi connectivity index (χ4n) is 1.41. The third-order valence-electron chi connectivity index (χ3n) is 2.34. The lowest BCUT2D eigenvalue weighted by Crippen LogP contribution is -2.11. The van der Waals surface area contributed by atoms with Gasteiger partial charge in [0.25, 0.3) is 0 Å². The van der Waals surface area contributed by atoms with Crippen molar-refractivity contribution in [2.75, 3.05) is 0 Å².